The lowest BCUT2D eigenvalue weighted by atomic mass is 10.3. The average molecular weight is 365 g/mol. The lowest BCUT2D eigenvalue weighted by Crippen LogP contribution is -2.22. The largest absolute Gasteiger partial charge is 0.489 e. The van der Waals surface area contributed by atoms with Gasteiger partial charge in [0, 0.05) is 5.02 Å². The van der Waals surface area contributed by atoms with Crippen molar-refractivity contribution in [2.75, 3.05) is 11.9 Å². The van der Waals surface area contributed by atoms with Crippen LogP contribution in [-0.2, 0) is 0 Å². The lowest BCUT2D eigenvalue weighted by molar-refractivity contribution is 0.235. The Morgan fingerprint density at radius 1 is 0.952 bits per heavy atom. The van der Waals surface area contributed by atoms with E-state index in [-0.39, 0.29) is 6.10 Å². The Morgan fingerprint density at radius 2 is 1.57 bits per heavy atom. The molecule has 2 aromatic rings. The van der Waals surface area contributed by atoms with Gasteiger partial charge in [0.15, 0.2) is 0 Å². The Hall–Kier alpha value is -0.800. The van der Waals surface area contributed by atoms with E-state index in [1.54, 1.807) is 24.3 Å². The topological polar surface area (TPSA) is 21.3 Å². The molecule has 0 fully saturated rings. The van der Waals surface area contributed by atoms with Crippen molar-refractivity contribution in [2.45, 2.75) is 13.0 Å². The number of benzene rings is 2. The van der Waals surface area contributed by atoms with Crippen molar-refractivity contribution in [3.63, 3.8) is 0 Å². The highest BCUT2D eigenvalue weighted by atomic mass is 35.5. The molecule has 0 spiro atoms. The summed E-state index contributed by atoms with van der Waals surface area (Å²) in [5.74, 6) is 0.758. The summed E-state index contributed by atoms with van der Waals surface area (Å²) in [5, 5.41) is 5.26. The summed E-state index contributed by atoms with van der Waals surface area (Å²) in [4.78, 5) is 0. The lowest BCUT2D eigenvalue weighted by Gasteiger charge is -2.17. The Labute approximate surface area is 143 Å². The van der Waals surface area contributed by atoms with Crippen LogP contribution in [0.3, 0.4) is 0 Å². The molecule has 6 heteroatoms. The molecule has 1 N–H and O–H groups in total. The van der Waals surface area contributed by atoms with Crippen LogP contribution in [0.1, 0.15) is 6.92 Å². The van der Waals surface area contributed by atoms with Gasteiger partial charge < -0.3 is 10.1 Å². The predicted octanol–water partition coefficient (Wildman–Crippen LogP) is 6.18. The van der Waals surface area contributed by atoms with Crippen molar-refractivity contribution in [1.29, 1.82) is 0 Å². The smallest absolute Gasteiger partial charge is 0.119 e. The third kappa shape index (κ3) is 4.86. The van der Waals surface area contributed by atoms with Crippen molar-refractivity contribution in [3.8, 4) is 5.75 Å². The molecule has 0 radical (unpaired) electrons. The predicted molar refractivity (Wildman–Crippen MR) is 91.5 cm³/mol. The van der Waals surface area contributed by atoms with Gasteiger partial charge >= 0.3 is 0 Å². The second-order valence-electron chi connectivity index (χ2n) is 4.51. The standard InChI is InChI=1S/C15H13Cl4NO/c1-9(21-11-4-2-10(16)3-5-11)8-20-15-7-13(18)12(17)6-14(15)19/h2-7,9,20H,8H2,1H3. The molecule has 0 heterocycles. The fourth-order valence-corrected chi connectivity index (χ4v) is 2.44. The van der Waals surface area contributed by atoms with Gasteiger partial charge in [0.2, 0.25) is 0 Å². The molecule has 0 saturated carbocycles. The minimum absolute atomic E-state index is 0.0586. The van der Waals surface area contributed by atoms with Gasteiger partial charge in [-0.3, -0.25) is 0 Å². The third-order valence-electron chi connectivity index (χ3n) is 2.74. The zero-order chi connectivity index (χ0) is 15.4. The normalized spacial score (nSPS) is 12.0. The molecule has 0 saturated heterocycles. The summed E-state index contributed by atoms with van der Waals surface area (Å²) in [6.07, 6.45) is -0.0586. The molecule has 2 nitrogen and oxygen atoms in total. The first-order valence-electron chi connectivity index (χ1n) is 6.26. The zero-order valence-corrected chi connectivity index (χ0v) is 14.2. The first-order chi connectivity index (χ1) is 9.95. The Balaban J connectivity index is 1.93. The van der Waals surface area contributed by atoms with Gasteiger partial charge in [-0.2, -0.15) is 0 Å². The number of hydrogen-bond donors (Lipinski definition) is 1. The van der Waals surface area contributed by atoms with Crippen molar-refractivity contribution < 1.29 is 4.74 Å². The number of rotatable bonds is 5. The minimum Gasteiger partial charge on any atom is -0.489 e. The van der Waals surface area contributed by atoms with E-state index in [2.05, 4.69) is 5.32 Å². The third-order valence-corrected chi connectivity index (χ3v) is 4.03. The Kier molecular flexibility index (Phi) is 5.88. The van der Waals surface area contributed by atoms with Crippen LogP contribution in [0.2, 0.25) is 20.1 Å². The number of halogens is 4. The van der Waals surface area contributed by atoms with Crippen LogP contribution >= 0.6 is 46.4 Å². The van der Waals surface area contributed by atoms with E-state index in [0.717, 1.165) is 11.4 Å². The zero-order valence-electron chi connectivity index (χ0n) is 11.2. The summed E-state index contributed by atoms with van der Waals surface area (Å²) in [7, 11) is 0. The van der Waals surface area contributed by atoms with Gasteiger partial charge in [-0.05, 0) is 43.3 Å². The molecule has 2 aromatic carbocycles. The van der Waals surface area contributed by atoms with Crippen LogP contribution in [0.5, 0.6) is 5.75 Å². The van der Waals surface area contributed by atoms with Gasteiger partial charge in [-0.1, -0.05) is 46.4 Å². The van der Waals surface area contributed by atoms with Crippen molar-refractivity contribution >= 4 is 52.1 Å². The van der Waals surface area contributed by atoms with Crippen molar-refractivity contribution in [3.05, 3.63) is 56.5 Å². The van der Waals surface area contributed by atoms with Crippen molar-refractivity contribution in [1.82, 2.24) is 0 Å². The Bertz CT molecular complexity index is 616. The first kappa shape index (κ1) is 16.6. The van der Waals surface area contributed by atoms with Crippen LogP contribution in [-0.4, -0.2) is 12.6 Å². The minimum atomic E-state index is -0.0586. The molecule has 112 valence electrons. The maximum atomic E-state index is 6.10. The quantitative estimate of drug-likeness (QED) is 0.639. The number of anilines is 1. The molecule has 0 aromatic heterocycles. The van der Waals surface area contributed by atoms with Crippen molar-refractivity contribution in [2.24, 2.45) is 0 Å². The summed E-state index contributed by atoms with van der Waals surface area (Å²) in [6.45, 7) is 2.52. The van der Waals surface area contributed by atoms with Crippen LogP contribution in [0.25, 0.3) is 0 Å². The highest BCUT2D eigenvalue weighted by Gasteiger charge is 2.08. The molecule has 1 unspecified atom stereocenters. The van der Waals surface area contributed by atoms with Crippen LogP contribution in [0.15, 0.2) is 36.4 Å². The van der Waals surface area contributed by atoms with E-state index >= 15 is 0 Å². The molecule has 0 aliphatic rings. The second-order valence-corrected chi connectivity index (χ2v) is 6.17. The van der Waals surface area contributed by atoms with Gasteiger partial charge in [-0.25, -0.2) is 0 Å². The van der Waals surface area contributed by atoms with Gasteiger partial charge in [0.05, 0.1) is 27.3 Å². The Morgan fingerprint density at radius 3 is 2.24 bits per heavy atom. The molecular formula is C15H13Cl4NO. The maximum absolute atomic E-state index is 6.10. The van der Waals surface area contributed by atoms with E-state index in [1.165, 1.54) is 0 Å². The summed E-state index contributed by atoms with van der Waals surface area (Å²) in [6, 6.07) is 10.5. The number of nitrogens with one attached hydrogen (secondary N) is 1. The maximum Gasteiger partial charge on any atom is 0.119 e. The summed E-state index contributed by atoms with van der Waals surface area (Å²) in [5.41, 5.74) is 0.720. The molecule has 0 bridgehead atoms. The van der Waals surface area contributed by atoms with E-state index in [1.807, 2.05) is 19.1 Å². The molecular weight excluding hydrogens is 352 g/mol. The highest BCUT2D eigenvalue weighted by Crippen LogP contribution is 2.32. The molecule has 0 aliphatic heterocycles. The molecule has 1 atom stereocenters. The SMILES string of the molecule is CC(CNc1cc(Cl)c(Cl)cc1Cl)Oc1ccc(Cl)cc1. The number of ether oxygens (including phenoxy) is 1. The van der Waals surface area contributed by atoms with E-state index < -0.39 is 0 Å². The van der Waals surface area contributed by atoms with Crippen LogP contribution < -0.4 is 10.1 Å². The van der Waals surface area contributed by atoms with Gasteiger partial charge in [-0.15, -0.1) is 0 Å². The monoisotopic (exact) mass is 363 g/mol. The fraction of sp³-hybridized carbons (Fsp3) is 0.200. The molecule has 0 aliphatic carbocycles. The summed E-state index contributed by atoms with van der Waals surface area (Å²) >= 11 is 23.8. The van der Waals surface area contributed by atoms with Gasteiger partial charge in [0.1, 0.15) is 11.9 Å². The van der Waals surface area contributed by atoms with Crippen LogP contribution in [0.4, 0.5) is 5.69 Å². The highest BCUT2D eigenvalue weighted by molar-refractivity contribution is 6.44. The number of hydrogen-bond acceptors (Lipinski definition) is 2. The van der Waals surface area contributed by atoms with Crippen LogP contribution in [0, 0.1) is 0 Å². The van der Waals surface area contributed by atoms with E-state index in [4.69, 9.17) is 51.1 Å². The van der Waals surface area contributed by atoms with Gasteiger partial charge in [0.25, 0.3) is 0 Å². The van der Waals surface area contributed by atoms with E-state index in [9.17, 15) is 0 Å². The molecule has 0 amide bonds. The molecule has 21 heavy (non-hydrogen) atoms. The summed E-state index contributed by atoms with van der Waals surface area (Å²) < 4.78 is 5.76. The first-order valence-corrected chi connectivity index (χ1v) is 7.77. The average Bonchev–Trinajstić information content (AvgIpc) is 2.44. The molecule has 2 rings (SSSR count). The second kappa shape index (κ2) is 7.46. The van der Waals surface area contributed by atoms with E-state index in [0.29, 0.717) is 26.6 Å². The fourth-order valence-electron chi connectivity index (χ4n) is 1.70.